The van der Waals surface area contributed by atoms with Gasteiger partial charge in [-0.3, -0.25) is 4.90 Å². The van der Waals surface area contributed by atoms with Crippen molar-refractivity contribution in [3.63, 3.8) is 0 Å². The van der Waals surface area contributed by atoms with Crippen LogP contribution in [0.2, 0.25) is 0 Å². The molecule has 4 heteroatoms. The van der Waals surface area contributed by atoms with Crippen LogP contribution in [0.15, 0.2) is 47.3 Å². The highest BCUT2D eigenvalue weighted by molar-refractivity contribution is 5.28. The lowest BCUT2D eigenvalue weighted by Gasteiger charge is -2.26. The van der Waals surface area contributed by atoms with Crippen LogP contribution in [0.5, 0.6) is 5.75 Å². The van der Waals surface area contributed by atoms with Gasteiger partial charge in [-0.2, -0.15) is 0 Å². The van der Waals surface area contributed by atoms with Crippen LogP contribution in [-0.2, 0) is 6.54 Å². The van der Waals surface area contributed by atoms with Crippen molar-refractivity contribution in [2.24, 2.45) is 5.73 Å². The molecule has 0 aliphatic heterocycles. The molecule has 1 heterocycles. The van der Waals surface area contributed by atoms with E-state index in [1.807, 2.05) is 24.3 Å². The maximum absolute atomic E-state index is 5.87. The lowest BCUT2D eigenvalue weighted by Crippen LogP contribution is -2.29. The Morgan fingerprint density at radius 3 is 2.84 bits per heavy atom. The molecule has 2 rings (SSSR count). The second-order valence-electron chi connectivity index (χ2n) is 4.57. The molecule has 0 bridgehead atoms. The van der Waals surface area contributed by atoms with Crippen molar-refractivity contribution in [3.8, 4) is 5.75 Å². The molecule has 0 fully saturated rings. The minimum Gasteiger partial charge on any atom is -0.497 e. The van der Waals surface area contributed by atoms with Crippen LogP contribution in [0.4, 0.5) is 0 Å². The second kappa shape index (κ2) is 6.41. The summed E-state index contributed by atoms with van der Waals surface area (Å²) >= 11 is 0. The van der Waals surface area contributed by atoms with Gasteiger partial charge in [0.1, 0.15) is 5.75 Å². The molecule has 0 saturated heterocycles. The standard InChI is InChI=1S/C15H20N2O2/c1-17(15(9-16)13-6-7-19-11-13)10-12-4-3-5-14(8-12)18-2/h3-8,11,15H,9-10,16H2,1-2H3. The van der Waals surface area contributed by atoms with E-state index in [1.165, 1.54) is 5.56 Å². The summed E-state index contributed by atoms with van der Waals surface area (Å²) < 4.78 is 10.4. The Balaban J connectivity index is 2.08. The summed E-state index contributed by atoms with van der Waals surface area (Å²) in [5.74, 6) is 0.874. The first-order valence-corrected chi connectivity index (χ1v) is 6.30. The number of hydrogen-bond acceptors (Lipinski definition) is 4. The summed E-state index contributed by atoms with van der Waals surface area (Å²) in [4.78, 5) is 2.21. The van der Waals surface area contributed by atoms with Crippen LogP contribution in [0.25, 0.3) is 0 Å². The van der Waals surface area contributed by atoms with Gasteiger partial charge in [-0.1, -0.05) is 12.1 Å². The van der Waals surface area contributed by atoms with Crippen molar-refractivity contribution in [2.75, 3.05) is 20.7 Å². The zero-order valence-electron chi connectivity index (χ0n) is 11.4. The van der Waals surface area contributed by atoms with E-state index < -0.39 is 0 Å². The third kappa shape index (κ3) is 3.36. The van der Waals surface area contributed by atoms with Gasteiger partial charge in [0.2, 0.25) is 0 Å². The van der Waals surface area contributed by atoms with Gasteiger partial charge in [0.25, 0.3) is 0 Å². The van der Waals surface area contributed by atoms with Crippen molar-refractivity contribution >= 4 is 0 Å². The molecule has 1 unspecified atom stereocenters. The van der Waals surface area contributed by atoms with Crippen LogP contribution in [0.1, 0.15) is 17.2 Å². The molecule has 2 N–H and O–H groups in total. The Kier molecular flexibility index (Phi) is 4.60. The molecule has 0 aliphatic carbocycles. The summed E-state index contributed by atoms with van der Waals surface area (Å²) in [6.45, 7) is 1.37. The molecule has 1 atom stereocenters. The highest BCUT2D eigenvalue weighted by atomic mass is 16.5. The normalized spacial score (nSPS) is 12.6. The van der Waals surface area contributed by atoms with Gasteiger partial charge in [-0.25, -0.2) is 0 Å². The van der Waals surface area contributed by atoms with E-state index in [9.17, 15) is 0 Å². The van der Waals surface area contributed by atoms with Crippen LogP contribution in [0, 0.1) is 0 Å². The lowest BCUT2D eigenvalue weighted by molar-refractivity contribution is 0.240. The maximum atomic E-state index is 5.87. The summed E-state index contributed by atoms with van der Waals surface area (Å²) in [5.41, 5.74) is 8.17. The zero-order chi connectivity index (χ0) is 13.7. The minimum absolute atomic E-state index is 0.157. The predicted octanol–water partition coefficient (Wildman–Crippen LogP) is 2.42. The Bertz CT molecular complexity index is 497. The second-order valence-corrected chi connectivity index (χ2v) is 4.57. The number of furan rings is 1. The highest BCUT2D eigenvalue weighted by Crippen LogP contribution is 2.22. The van der Waals surface area contributed by atoms with Gasteiger partial charge in [0.05, 0.1) is 25.7 Å². The fraction of sp³-hybridized carbons (Fsp3) is 0.333. The molecular weight excluding hydrogens is 240 g/mol. The molecule has 0 amide bonds. The highest BCUT2D eigenvalue weighted by Gasteiger charge is 2.16. The Morgan fingerprint density at radius 2 is 2.21 bits per heavy atom. The Morgan fingerprint density at radius 1 is 1.37 bits per heavy atom. The number of nitrogens with two attached hydrogens (primary N) is 1. The van der Waals surface area contributed by atoms with E-state index in [2.05, 4.69) is 18.0 Å². The van der Waals surface area contributed by atoms with E-state index in [-0.39, 0.29) is 6.04 Å². The molecular formula is C15H20N2O2. The summed E-state index contributed by atoms with van der Waals surface area (Å²) in [6, 6.07) is 10.2. The third-order valence-electron chi connectivity index (χ3n) is 3.25. The Hall–Kier alpha value is -1.78. The maximum Gasteiger partial charge on any atom is 0.119 e. The molecule has 4 nitrogen and oxygen atoms in total. The van der Waals surface area contributed by atoms with E-state index in [4.69, 9.17) is 14.9 Å². The molecule has 0 radical (unpaired) electrons. The van der Waals surface area contributed by atoms with Crippen molar-refractivity contribution in [1.29, 1.82) is 0 Å². The summed E-state index contributed by atoms with van der Waals surface area (Å²) in [5, 5.41) is 0. The van der Waals surface area contributed by atoms with Gasteiger partial charge in [-0.05, 0) is 30.8 Å². The molecule has 0 aliphatic rings. The van der Waals surface area contributed by atoms with Gasteiger partial charge in [0.15, 0.2) is 0 Å². The number of rotatable bonds is 6. The minimum atomic E-state index is 0.157. The van der Waals surface area contributed by atoms with E-state index >= 15 is 0 Å². The average Bonchev–Trinajstić information content (AvgIpc) is 2.93. The number of methoxy groups -OCH3 is 1. The quantitative estimate of drug-likeness (QED) is 0.866. The largest absolute Gasteiger partial charge is 0.497 e. The van der Waals surface area contributed by atoms with Crippen molar-refractivity contribution in [1.82, 2.24) is 4.90 Å². The smallest absolute Gasteiger partial charge is 0.119 e. The number of likely N-dealkylation sites (N-methyl/N-ethyl adjacent to an activating group) is 1. The lowest BCUT2D eigenvalue weighted by atomic mass is 10.1. The SMILES string of the molecule is COc1cccc(CN(C)C(CN)c2ccoc2)c1. The Labute approximate surface area is 113 Å². The van der Waals surface area contributed by atoms with Crippen LogP contribution in [0.3, 0.4) is 0 Å². The first-order chi connectivity index (χ1) is 9.24. The van der Waals surface area contributed by atoms with Gasteiger partial charge >= 0.3 is 0 Å². The van der Waals surface area contributed by atoms with Crippen molar-refractivity contribution in [2.45, 2.75) is 12.6 Å². The molecule has 1 aromatic heterocycles. The van der Waals surface area contributed by atoms with Crippen molar-refractivity contribution < 1.29 is 9.15 Å². The number of nitrogens with zero attached hydrogens (tertiary/aromatic N) is 1. The van der Waals surface area contributed by atoms with Crippen LogP contribution in [-0.4, -0.2) is 25.6 Å². The number of hydrogen-bond donors (Lipinski definition) is 1. The fourth-order valence-electron chi connectivity index (χ4n) is 2.20. The first kappa shape index (κ1) is 13.6. The van der Waals surface area contributed by atoms with Crippen LogP contribution >= 0.6 is 0 Å². The summed E-state index contributed by atoms with van der Waals surface area (Å²) in [7, 11) is 3.74. The van der Waals surface area contributed by atoms with Gasteiger partial charge in [-0.15, -0.1) is 0 Å². The average molecular weight is 260 g/mol. The van der Waals surface area contributed by atoms with E-state index in [0.717, 1.165) is 17.9 Å². The third-order valence-corrected chi connectivity index (χ3v) is 3.25. The van der Waals surface area contributed by atoms with Gasteiger partial charge < -0.3 is 14.9 Å². The molecule has 0 spiro atoms. The molecule has 102 valence electrons. The monoisotopic (exact) mass is 260 g/mol. The van der Waals surface area contributed by atoms with E-state index in [1.54, 1.807) is 19.6 Å². The topological polar surface area (TPSA) is 51.6 Å². The van der Waals surface area contributed by atoms with E-state index in [0.29, 0.717) is 6.54 Å². The molecule has 2 aromatic rings. The number of ether oxygens (including phenoxy) is 1. The fourth-order valence-corrected chi connectivity index (χ4v) is 2.20. The molecule has 1 aromatic carbocycles. The van der Waals surface area contributed by atoms with Gasteiger partial charge in [0, 0.05) is 18.7 Å². The zero-order valence-corrected chi connectivity index (χ0v) is 11.4. The number of benzene rings is 1. The van der Waals surface area contributed by atoms with Crippen molar-refractivity contribution in [3.05, 3.63) is 54.0 Å². The first-order valence-electron chi connectivity index (χ1n) is 6.30. The molecule has 19 heavy (non-hydrogen) atoms. The van der Waals surface area contributed by atoms with Crippen LogP contribution < -0.4 is 10.5 Å². The summed E-state index contributed by atoms with van der Waals surface area (Å²) in [6.07, 6.45) is 3.43. The predicted molar refractivity (Wildman–Crippen MR) is 75.0 cm³/mol. The molecule has 0 saturated carbocycles.